The maximum absolute atomic E-state index is 9.09. The Bertz CT molecular complexity index is 373. The Morgan fingerprint density at radius 2 is 2.00 bits per heavy atom. The Morgan fingerprint density at radius 1 is 1.25 bits per heavy atom. The first kappa shape index (κ1) is 17.3. The van der Waals surface area contributed by atoms with Gasteiger partial charge in [-0.25, -0.2) is 0 Å². The second-order valence-electron chi connectivity index (χ2n) is 4.91. The number of rotatable bonds is 10. The SMILES string of the molecule is CCNC(CSCC(C)CO)c1ccccc1OCC. The number of hydrogen-bond acceptors (Lipinski definition) is 4. The summed E-state index contributed by atoms with van der Waals surface area (Å²) in [7, 11) is 0. The maximum atomic E-state index is 9.09. The molecule has 4 heteroatoms. The predicted octanol–water partition coefficient (Wildman–Crippen LogP) is 3.10. The molecule has 0 saturated carbocycles. The lowest BCUT2D eigenvalue weighted by Crippen LogP contribution is -2.24. The Labute approximate surface area is 127 Å². The summed E-state index contributed by atoms with van der Waals surface area (Å²) < 4.78 is 5.72. The van der Waals surface area contributed by atoms with Gasteiger partial charge in [-0.15, -0.1) is 0 Å². The molecular formula is C16H27NO2S. The van der Waals surface area contributed by atoms with Crippen LogP contribution < -0.4 is 10.1 Å². The molecule has 1 aromatic rings. The molecule has 2 atom stereocenters. The van der Waals surface area contributed by atoms with Gasteiger partial charge in [0.25, 0.3) is 0 Å². The van der Waals surface area contributed by atoms with Crippen molar-refractivity contribution in [1.82, 2.24) is 5.32 Å². The summed E-state index contributed by atoms with van der Waals surface area (Å²) in [4.78, 5) is 0. The first-order valence-electron chi connectivity index (χ1n) is 7.36. The van der Waals surface area contributed by atoms with Gasteiger partial charge in [0.05, 0.1) is 6.61 Å². The third-order valence-corrected chi connectivity index (χ3v) is 4.42. The number of thioether (sulfide) groups is 1. The average molecular weight is 297 g/mol. The molecule has 0 bridgehead atoms. The van der Waals surface area contributed by atoms with Crippen LogP contribution in [0.5, 0.6) is 5.75 Å². The van der Waals surface area contributed by atoms with Crippen LogP contribution in [0.15, 0.2) is 24.3 Å². The summed E-state index contributed by atoms with van der Waals surface area (Å²) in [6.45, 7) is 8.08. The largest absolute Gasteiger partial charge is 0.494 e. The molecule has 1 rings (SSSR count). The quantitative estimate of drug-likeness (QED) is 0.696. The van der Waals surface area contributed by atoms with Gasteiger partial charge in [0.1, 0.15) is 5.75 Å². The molecule has 1 aromatic carbocycles. The van der Waals surface area contributed by atoms with E-state index in [0.717, 1.165) is 23.8 Å². The fourth-order valence-corrected chi connectivity index (χ4v) is 3.18. The standard InChI is InChI=1S/C16H27NO2S/c1-4-17-15(12-20-11-13(3)10-18)14-8-6-7-9-16(14)19-5-2/h6-9,13,15,17-18H,4-5,10-12H2,1-3H3. The Balaban J connectivity index is 2.69. The third kappa shape index (κ3) is 5.73. The van der Waals surface area contributed by atoms with Crippen molar-refractivity contribution in [2.45, 2.75) is 26.8 Å². The smallest absolute Gasteiger partial charge is 0.124 e. The molecule has 0 amide bonds. The first-order chi connectivity index (χ1) is 9.72. The lowest BCUT2D eigenvalue weighted by molar-refractivity contribution is 0.250. The van der Waals surface area contributed by atoms with E-state index in [-0.39, 0.29) is 6.61 Å². The van der Waals surface area contributed by atoms with E-state index in [2.05, 4.69) is 31.3 Å². The number of aliphatic hydroxyl groups is 1. The van der Waals surface area contributed by atoms with Gasteiger partial charge in [0.15, 0.2) is 0 Å². The number of nitrogens with one attached hydrogen (secondary N) is 1. The lowest BCUT2D eigenvalue weighted by atomic mass is 10.1. The van der Waals surface area contributed by atoms with Crippen LogP contribution in [0.2, 0.25) is 0 Å². The summed E-state index contributed by atoms with van der Waals surface area (Å²) in [5, 5.41) is 12.6. The first-order valence-corrected chi connectivity index (χ1v) is 8.52. The van der Waals surface area contributed by atoms with Crippen molar-refractivity contribution >= 4 is 11.8 Å². The van der Waals surface area contributed by atoms with Crippen LogP contribution in [0.1, 0.15) is 32.4 Å². The highest BCUT2D eigenvalue weighted by Crippen LogP contribution is 2.28. The average Bonchev–Trinajstić information content (AvgIpc) is 2.47. The minimum absolute atomic E-state index is 0.258. The van der Waals surface area contributed by atoms with Crippen LogP contribution in [-0.2, 0) is 0 Å². The van der Waals surface area contributed by atoms with E-state index in [1.165, 1.54) is 5.56 Å². The van der Waals surface area contributed by atoms with Crippen LogP contribution in [0.4, 0.5) is 0 Å². The number of hydrogen-bond donors (Lipinski definition) is 2. The highest BCUT2D eigenvalue weighted by Gasteiger charge is 2.15. The van der Waals surface area contributed by atoms with Crippen molar-refractivity contribution in [3.8, 4) is 5.75 Å². The van der Waals surface area contributed by atoms with Gasteiger partial charge in [-0.05, 0) is 31.2 Å². The van der Waals surface area contributed by atoms with E-state index in [1.807, 2.05) is 30.8 Å². The predicted molar refractivity (Wildman–Crippen MR) is 87.6 cm³/mol. The lowest BCUT2D eigenvalue weighted by Gasteiger charge is -2.21. The molecule has 0 radical (unpaired) electrons. The van der Waals surface area contributed by atoms with Gasteiger partial charge in [0.2, 0.25) is 0 Å². The van der Waals surface area contributed by atoms with Crippen molar-refractivity contribution < 1.29 is 9.84 Å². The monoisotopic (exact) mass is 297 g/mol. The van der Waals surface area contributed by atoms with Crippen molar-refractivity contribution in [1.29, 1.82) is 0 Å². The topological polar surface area (TPSA) is 41.5 Å². The molecule has 0 spiro atoms. The number of aliphatic hydroxyl groups excluding tert-OH is 1. The van der Waals surface area contributed by atoms with Crippen molar-refractivity contribution in [2.75, 3.05) is 31.3 Å². The molecule has 0 aliphatic rings. The molecule has 0 fully saturated rings. The van der Waals surface area contributed by atoms with Gasteiger partial charge in [-0.1, -0.05) is 32.0 Å². The molecule has 0 aliphatic carbocycles. The fourth-order valence-electron chi connectivity index (χ4n) is 2.00. The Kier molecular flexibility index (Phi) is 8.74. The van der Waals surface area contributed by atoms with Crippen molar-refractivity contribution in [3.05, 3.63) is 29.8 Å². The van der Waals surface area contributed by atoms with Crippen molar-refractivity contribution in [3.63, 3.8) is 0 Å². The molecule has 3 nitrogen and oxygen atoms in total. The number of benzene rings is 1. The zero-order chi connectivity index (χ0) is 14.8. The third-order valence-electron chi connectivity index (χ3n) is 3.04. The second-order valence-corrected chi connectivity index (χ2v) is 5.98. The molecular weight excluding hydrogens is 270 g/mol. The van der Waals surface area contributed by atoms with Crippen LogP contribution >= 0.6 is 11.8 Å². The number of ether oxygens (including phenoxy) is 1. The highest BCUT2D eigenvalue weighted by atomic mass is 32.2. The highest BCUT2D eigenvalue weighted by molar-refractivity contribution is 7.99. The van der Waals surface area contributed by atoms with Gasteiger partial charge in [-0.3, -0.25) is 0 Å². The molecule has 0 aliphatic heterocycles. The second kappa shape index (κ2) is 10.1. The van der Waals surface area contributed by atoms with E-state index in [1.54, 1.807) is 0 Å². The zero-order valence-electron chi connectivity index (χ0n) is 12.8. The Morgan fingerprint density at radius 3 is 2.65 bits per heavy atom. The minimum atomic E-state index is 0.258. The van der Waals surface area contributed by atoms with Crippen LogP contribution in [0.25, 0.3) is 0 Å². The fraction of sp³-hybridized carbons (Fsp3) is 0.625. The van der Waals surface area contributed by atoms with E-state index >= 15 is 0 Å². The van der Waals surface area contributed by atoms with Crippen LogP contribution in [0.3, 0.4) is 0 Å². The van der Waals surface area contributed by atoms with E-state index in [4.69, 9.17) is 9.84 Å². The molecule has 0 heterocycles. The van der Waals surface area contributed by atoms with Gasteiger partial charge in [0, 0.05) is 24.0 Å². The summed E-state index contributed by atoms with van der Waals surface area (Å²) in [6.07, 6.45) is 0. The summed E-state index contributed by atoms with van der Waals surface area (Å²) in [5.74, 6) is 3.29. The summed E-state index contributed by atoms with van der Waals surface area (Å²) in [6, 6.07) is 8.53. The maximum Gasteiger partial charge on any atom is 0.124 e. The summed E-state index contributed by atoms with van der Waals surface area (Å²) >= 11 is 1.88. The van der Waals surface area contributed by atoms with E-state index in [0.29, 0.717) is 18.6 Å². The molecule has 0 saturated heterocycles. The zero-order valence-corrected chi connectivity index (χ0v) is 13.6. The van der Waals surface area contributed by atoms with Crippen molar-refractivity contribution in [2.24, 2.45) is 5.92 Å². The molecule has 2 N–H and O–H groups in total. The molecule has 114 valence electrons. The Hall–Kier alpha value is -0.710. The molecule has 20 heavy (non-hydrogen) atoms. The van der Waals surface area contributed by atoms with Gasteiger partial charge in [-0.2, -0.15) is 11.8 Å². The summed E-state index contributed by atoms with van der Waals surface area (Å²) in [5.41, 5.74) is 1.22. The normalized spacial score (nSPS) is 14.0. The van der Waals surface area contributed by atoms with Gasteiger partial charge >= 0.3 is 0 Å². The number of para-hydroxylation sites is 1. The van der Waals surface area contributed by atoms with Crippen LogP contribution in [0, 0.1) is 5.92 Å². The van der Waals surface area contributed by atoms with Gasteiger partial charge < -0.3 is 15.2 Å². The van der Waals surface area contributed by atoms with Crippen LogP contribution in [-0.4, -0.2) is 36.4 Å². The minimum Gasteiger partial charge on any atom is -0.494 e. The molecule has 2 unspecified atom stereocenters. The van der Waals surface area contributed by atoms with E-state index < -0.39 is 0 Å². The molecule has 0 aromatic heterocycles. The van der Waals surface area contributed by atoms with E-state index in [9.17, 15) is 0 Å².